The van der Waals surface area contributed by atoms with E-state index >= 15 is 0 Å². The van der Waals surface area contributed by atoms with Gasteiger partial charge in [0, 0.05) is 12.1 Å². The van der Waals surface area contributed by atoms with Crippen molar-refractivity contribution < 1.29 is 4.79 Å². The zero-order valence-electron chi connectivity index (χ0n) is 19.3. The Hall–Kier alpha value is -1.63. The van der Waals surface area contributed by atoms with E-state index in [1.807, 2.05) is 0 Å². The smallest absolute Gasteiger partial charge is 0.162 e. The van der Waals surface area contributed by atoms with E-state index in [-0.39, 0.29) is 11.3 Å². The number of carbonyl (C=O) groups excluding carboxylic acids is 1. The molecule has 10 unspecified atom stereocenters. The van der Waals surface area contributed by atoms with Gasteiger partial charge < -0.3 is 0 Å². The Bertz CT molecular complexity index is 929. The van der Waals surface area contributed by atoms with Crippen LogP contribution in [0.15, 0.2) is 12.3 Å². The molecule has 0 bridgehead atoms. The maximum Gasteiger partial charge on any atom is 0.162 e. The molecule has 31 heavy (non-hydrogen) atoms. The second-order valence-electron chi connectivity index (χ2n) is 12.3. The van der Waals surface area contributed by atoms with Crippen molar-refractivity contribution in [1.82, 2.24) is 9.78 Å². The fourth-order valence-electron chi connectivity index (χ4n) is 9.86. The van der Waals surface area contributed by atoms with Crippen LogP contribution in [-0.4, -0.2) is 15.6 Å². The fourth-order valence-corrected chi connectivity index (χ4v) is 9.86. The van der Waals surface area contributed by atoms with E-state index in [1.165, 1.54) is 44.9 Å². The van der Waals surface area contributed by atoms with Crippen molar-refractivity contribution in [2.24, 2.45) is 64.6 Å². The summed E-state index contributed by atoms with van der Waals surface area (Å²) in [6, 6.07) is 3.79. The van der Waals surface area contributed by atoms with Crippen molar-refractivity contribution in [1.29, 1.82) is 5.26 Å². The first kappa shape index (κ1) is 20.0. The Labute approximate surface area is 186 Å². The van der Waals surface area contributed by atoms with Gasteiger partial charge in [-0.3, -0.25) is 9.48 Å². The molecule has 0 saturated heterocycles. The first-order valence-corrected chi connectivity index (χ1v) is 12.9. The predicted octanol–water partition coefficient (Wildman–Crippen LogP) is 5.33. The van der Waals surface area contributed by atoms with Gasteiger partial charge in [-0.25, -0.2) is 0 Å². The summed E-state index contributed by atoms with van der Waals surface area (Å²) < 4.78 is 1.69. The number of hydrogen-bond acceptors (Lipinski definition) is 3. The summed E-state index contributed by atoms with van der Waals surface area (Å²) >= 11 is 0. The highest BCUT2D eigenvalue weighted by molar-refractivity contribution is 5.83. The quantitative estimate of drug-likeness (QED) is 0.665. The van der Waals surface area contributed by atoms with Crippen molar-refractivity contribution in [3.05, 3.63) is 18.0 Å². The summed E-state index contributed by atoms with van der Waals surface area (Å²) in [6.45, 7) is 7.69. The molecular formula is C27H37N3O. The molecule has 1 aromatic rings. The molecule has 11 atom stereocenters. The predicted molar refractivity (Wildman–Crippen MR) is 119 cm³/mol. The molecule has 0 spiro atoms. The number of nitriles is 1. The highest BCUT2D eigenvalue weighted by atomic mass is 16.1. The van der Waals surface area contributed by atoms with Crippen LogP contribution in [0.2, 0.25) is 0 Å². The van der Waals surface area contributed by atoms with Gasteiger partial charge in [-0.05, 0) is 103 Å². The van der Waals surface area contributed by atoms with Crippen LogP contribution < -0.4 is 0 Å². The molecule has 4 heteroatoms. The van der Waals surface area contributed by atoms with Gasteiger partial charge in [-0.2, -0.15) is 10.4 Å². The molecule has 0 aromatic carbocycles. The first-order chi connectivity index (χ1) is 14.9. The number of aromatic nitrogens is 2. The van der Waals surface area contributed by atoms with Crippen LogP contribution in [0.4, 0.5) is 0 Å². The van der Waals surface area contributed by atoms with E-state index in [0.29, 0.717) is 29.9 Å². The number of rotatable bonds is 3. The van der Waals surface area contributed by atoms with Gasteiger partial charge in [0.1, 0.15) is 6.07 Å². The standard InChI is InChI=1S/C27H37N3O/c1-15-4-6-19-17(12-15)5-7-21-20(19)8-10-27(3)25(21)23-16(2)24(23)26(27)22(31)14-30-11-9-18(13-28)29-30/h9,11,15-17,19-21,23-26H,4-8,10,12,14H2,1-3H3/t15?,16-,17?,19?,20?,21?,23?,24?,25?,26?,27?/m0/s1. The first-order valence-electron chi connectivity index (χ1n) is 12.9. The Morgan fingerprint density at radius 1 is 1.16 bits per heavy atom. The second kappa shape index (κ2) is 6.93. The zero-order valence-corrected chi connectivity index (χ0v) is 19.3. The molecule has 0 radical (unpaired) electrons. The SMILES string of the molecule is CC1CCC2C(CCC3C2CCC2(C)C(C(=O)Cn4ccc(C#N)n4)C4C(C32)[C@@H]4C)C1. The third-order valence-electron chi connectivity index (χ3n) is 11.0. The summed E-state index contributed by atoms with van der Waals surface area (Å²) in [4.78, 5) is 13.6. The van der Waals surface area contributed by atoms with E-state index in [9.17, 15) is 4.79 Å². The Morgan fingerprint density at radius 2 is 1.97 bits per heavy atom. The van der Waals surface area contributed by atoms with Crippen LogP contribution in [0.5, 0.6) is 0 Å². The molecule has 1 aromatic heterocycles. The summed E-state index contributed by atoms with van der Waals surface area (Å²) in [5.41, 5.74) is 0.583. The van der Waals surface area contributed by atoms with Gasteiger partial charge in [0.2, 0.25) is 0 Å². The zero-order chi connectivity index (χ0) is 21.5. The van der Waals surface area contributed by atoms with Crippen molar-refractivity contribution in [2.75, 3.05) is 0 Å². The van der Waals surface area contributed by atoms with Gasteiger partial charge in [-0.1, -0.05) is 27.2 Å². The van der Waals surface area contributed by atoms with Gasteiger partial charge >= 0.3 is 0 Å². The molecule has 5 aliphatic rings. The molecular weight excluding hydrogens is 382 g/mol. The molecule has 0 N–H and O–H groups in total. The summed E-state index contributed by atoms with van der Waals surface area (Å²) in [5.74, 6) is 8.06. The van der Waals surface area contributed by atoms with Crippen LogP contribution in [0, 0.1) is 75.9 Å². The topological polar surface area (TPSA) is 58.7 Å². The molecule has 5 saturated carbocycles. The maximum atomic E-state index is 13.6. The van der Waals surface area contributed by atoms with Gasteiger partial charge in [0.25, 0.3) is 0 Å². The molecule has 0 amide bonds. The second-order valence-corrected chi connectivity index (χ2v) is 12.3. The highest BCUT2D eigenvalue weighted by Crippen LogP contribution is 2.76. The molecule has 4 nitrogen and oxygen atoms in total. The number of fused-ring (bicyclic) bond motifs is 7. The number of hydrogen-bond donors (Lipinski definition) is 0. The molecule has 5 aliphatic carbocycles. The minimum Gasteiger partial charge on any atom is -0.297 e. The molecule has 6 rings (SSSR count). The van der Waals surface area contributed by atoms with Crippen LogP contribution in [-0.2, 0) is 11.3 Å². The fraction of sp³-hybridized carbons (Fsp3) is 0.815. The normalized spacial score (nSPS) is 49.9. The van der Waals surface area contributed by atoms with Crippen LogP contribution in [0.3, 0.4) is 0 Å². The van der Waals surface area contributed by atoms with Crippen LogP contribution >= 0.6 is 0 Å². The highest BCUT2D eigenvalue weighted by Gasteiger charge is 2.73. The lowest BCUT2D eigenvalue weighted by Crippen LogP contribution is -2.51. The minimum atomic E-state index is 0.181. The van der Waals surface area contributed by atoms with E-state index in [1.54, 1.807) is 16.9 Å². The molecule has 166 valence electrons. The maximum absolute atomic E-state index is 13.6. The van der Waals surface area contributed by atoms with Gasteiger partial charge in [0.05, 0.1) is 6.54 Å². The van der Waals surface area contributed by atoms with Crippen molar-refractivity contribution in [3.8, 4) is 6.07 Å². The Balaban J connectivity index is 1.26. The molecule has 0 aliphatic heterocycles. The van der Waals surface area contributed by atoms with Gasteiger partial charge in [-0.15, -0.1) is 0 Å². The third-order valence-corrected chi connectivity index (χ3v) is 11.0. The Kier molecular flexibility index (Phi) is 4.47. The summed E-state index contributed by atoms with van der Waals surface area (Å²) in [6.07, 6.45) is 11.6. The van der Waals surface area contributed by atoms with E-state index in [2.05, 4.69) is 31.9 Å². The lowest BCUT2D eigenvalue weighted by atomic mass is 9.47. The molecule has 1 heterocycles. The van der Waals surface area contributed by atoms with E-state index in [0.717, 1.165) is 41.4 Å². The number of nitrogens with zero attached hydrogens (tertiary/aromatic N) is 3. The average Bonchev–Trinajstić information content (AvgIpc) is 3.10. The minimum absolute atomic E-state index is 0.181. The van der Waals surface area contributed by atoms with Crippen LogP contribution in [0.1, 0.15) is 71.4 Å². The number of ketones is 1. The number of carbonyl (C=O) groups is 1. The van der Waals surface area contributed by atoms with Crippen LogP contribution in [0.25, 0.3) is 0 Å². The lowest BCUT2D eigenvalue weighted by molar-refractivity contribution is -0.135. The van der Waals surface area contributed by atoms with Crippen molar-refractivity contribution in [2.45, 2.75) is 72.3 Å². The van der Waals surface area contributed by atoms with Crippen molar-refractivity contribution >= 4 is 5.78 Å². The Morgan fingerprint density at radius 3 is 2.74 bits per heavy atom. The third kappa shape index (κ3) is 2.84. The van der Waals surface area contributed by atoms with Crippen molar-refractivity contribution in [3.63, 3.8) is 0 Å². The molecule has 5 fully saturated rings. The summed E-state index contributed by atoms with van der Waals surface area (Å²) in [7, 11) is 0. The number of Topliss-reactive ketones (excluding diaryl/α,β-unsaturated/α-hetero) is 1. The average molecular weight is 420 g/mol. The van der Waals surface area contributed by atoms with E-state index < -0.39 is 0 Å². The van der Waals surface area contributed by atoms with Gasteiger partial charge in [0.15, 0.2) is 11.5 Å². The largest absolute Gasteiger partial charge is 0.297 e. The lowest BCUT2D eigenvalue weighted by Gasteiger charge is -2.57. The monoisotopic (exact) mass is 419 g/mol. The van der Waals surface area contributed by atoms with E-state index in [4.69, 9.17) is 5.26 Å². The summed E-state index contributed by atoms with van der Waals surface area (Å²) in [5, 5.41) is 13.3.